The van der Waals surface area contributed by atoms with Gasteiger partial charge in [-0.25, -0.2) is 4.79 Å². The van der Waals surface area contributed by atoms with Crippen LogP contribution in [0.3, 0.4) is 0 Å². The summed E-state index contributed by atoms with van der Waals surface area (Å²) in [4.78, 5) is 14.2. The van der Waals surface area contributed by atoms with E-state index in [0.717, 1.165) is 11.1 Å². The number of nitrogens with one attached hydrogen (secondary N) is 1. The minimum atomic E-state index is -0.0987. The lowest BCUT2D eigenvalue weighted by molar-refractivity contribution is -0.0655. The molecule has 0 saturated carbocycles. The molecule has 1 aliphatic rings. The third kappa shape index (κ3) is 4.85. The Morgan fingerprint density at radius 2 is 1.80 bits per heavy atom. The van der Waals surface area contributed by atoms with Crippen LogP contribution in [-0.4, -0.2) is 36.7 Å². The lowest BCUT2D eigenvalue weighted by Gasteiger charge is -2.36. The summed E-state index contributed by atoms with van der Waals surface area (Å²) >= 11 is 0. The first kappa shape index (κ1) is 17.1. The molecule has 128 valence electrons. The average molecular weight is 334 g/mol. The van der Waals surface area contributed by atoms with E-state index < -0.39 is 0 Å². The van der Waals surface area contributed by atoms with Crippen molar-refractivity contribution in [3.8, 4) is 11.8 Å². The van der Waals surface area contributed by atoms with Gasteiger partial charge in [0.05, 0.1) is 19.2 Å². The molecule has 2 atom stereocenters. The first-order valence-electron chi connectivity index (χ1n) is 8.49. The fourth-order valence-electron chi connectivity index (χ4n) is 2.87. The summed E-state index contributed by atoms with van der Waals surface area (Å²) in [6, 6.07) is 19.7. The summed E-state index contributed by atoms with van der Waals surface area (Å²) in [6.45, 7) is 3.45. The molecule has 1 saturated heterocycles. The van der Waals surface area contributed by atoms with Crippen molar-refractivity contribution < 1.29 is 9.53 Å². The van der Waals surface area contributed by atoms with Gasteiger partial charge < -0.3 is 15.0 Å². The fraction of sp³-hybridized carbons (Fsp3) is 0.286. The van der Waals surface area contributed by atoms with E-state index in [4.69, 9.17) is 4.74 Å². The minimum absolute atomic E-state index is 0.000101. The van der Waals surface area contributed by atoms with Crippen LogP contribution in [-0.2, 0) is 4.74 Å². The molecule has 0 bridgehead atoms. The molecule has 0 radical (unpaired) electrons. The molecule has 2 amide bonds. The number of hydrogen-bond donors (Lipinski definition) is 1. The molecule has 4 nitrogen and oxygen atoms in total. The highest BCUT2D eigenvalue weighted by molar-refractivity contribution is 5.74. The fourth-order valence-corrected chi connectivity index (χ4v) is 2.87. The van der Waals surface area contributed by atoms with Crippen molar-refractivity contribution in [2.45, 2.75) is 19.1 Å². The number of benzene rings is 2. The second-order valence-electron chi connectivity index (χ2n) is 6.08. The molecule has 3 rings (SSSR count). The van der Waals surface area contributed by atoms with Gasteiger partial charge in [0, 0.05) is 12.1 Å². The Kier molecular flexibility index (Phi) is 5.71. The molecule has 1 fully saturated rings. The van der Waals surface area contributed by atoms with Crippen molar-refractivity contribution >= 4 is 6.03 Å². The van der Waals surface area contributed by atoms with E-state index in [1.165, 1.54) is 0 Å². The van der Waals surface area contributed by atoms with E-state index >= 15 is 0 Å². The zero-order chi connectivity index (χ0) is 17.5. The van der Waals surface area contributed by atoms with Crippen molar-refractivity contribution in [2.75, 3.05) is 19.6 Å². The van der Waals surface area contributed by atoms with Crippen LogP contribution in [0.1, 0.15) is 24.2 Å². The van der Waals surface area contributed by atoms with E-state index in [1.54, 1.807) is 4.90 Å². The van der Waals surface area contributed by atoms with E-state index in [0.29, 0.717) is 19.6 Å². The average Bonchev–Trinajstić information content (AvgIpc) is 2.66. The molecule has 1 aliphatic heterocycles. The SMILES string of the molecule is C[C@@H]1CN(C(=O)NCC#Cc2ccccc2)C[C@@H](c2ccccc2)O1. The van der Waals surface area contributed by atoms with Crippen molar-refractivity contribution in [1.82, 2.24) is 10.2 Å². The molecule has 4 heteroatoms. The van der Waals surface area contributed by atoms with E-state index in [1.807, 2.05) is 67.6 Å². The van der Waals surface area contributed by atoms with Crippen LogP contribution >= 0.6 is 0 Å². The van der Waals surface area contributed by atoms with Gasteiger partial charge in [0.2, 0.25) is 0 Å². The third-order valence-corrected chi connectivity index (χ3v) is 4.05. The monoisotopic (exact) mass is 334 g/mol. The van der Waals surface area contributed by atoms with Crippen LogP contribution in [0.25, 0.3) is 0 Å². The van der Waals surface area contributed by atoms with Gasteiger partial charge >= 0.3 is 6.03 Å². The largest absolute Gasteiger partial charge is 0.367 e. The molecule has 1 heterocycles. The van der Waals surface area contributed by atoms with Crippen LogP contribution in [0, 0.1) is 11.8 Å². The van der Waals surface area contributed by atoms with Crippen LogP contribution in [0.15, 0.2) is 60.7 Å². The maximum atomic E-state index is 12.4. The van der Waals surface area contributed by atoms with Crippen LogP contribution in [0.4, 0.5) is 4.79 Å². The molecule has 2 aromatic rings. The molecule has 0 aliphatic carbocycles. The van der Waals surface area contributed by atoms with Crippen molar-refractivity contribution in [3.05, 3.63) is 71.8 Å². The van der Waals surface area contributed by atoms with Gasteiger partial charge in [-0.2, -0.15) is 0 Å². The number of carbonyl (C=O) groups excluding carboxylic acids is 1. The lowest BCUT2D eigenvalue weighted by atomic mass is 10.1. The number of hydrogen-bond acceptors (Lipinski definition) is 2. The molecular weight excluding hydrogens is 312 g/mol. The van der Waals surface area contributed by atoms with Gasteiger partial charge in [-0.1, -0.05) is 60.4 Å². The number of ether oxygens (including phenoxy) is 1. The molecular formula is C21H22N2O2. The summed E-state index contributed by atoms with van der Waals surface area (Å²) in [7, 11) is 0. The minimum Gasteiger partial charge on any atom is -0.367 e. The number of amides is 2. The van der Waals surface area contributed by atoms with Crippen LogP contribution < -0.4 is 5.32 Å². The first-order valence-corrected chi connectivity index (χ1v) is 8.49. The number of carbonyl (C=O) groups is 1. The summed E-state index contributed by atoms with van der Waals surface area (Å²) in [5.74, 6) is 6.02. The number of morpholine rings is 1. The van der Waals surface area contributed by atoms with Crippen LogP contribution in [0.2, 0.25) is 0 Å². The second kappa shape index (κ2) is 8.36. The first-order chi connectivity index (χ1) is 12.2. The van der Waals surface area contributed by atoms with Gasteiger partial charge in [-0.05, 0) is 24.6 Å². The zero-order valence-electron chi connectivity index (χ0n) is 14.3. The lowest BCUT2D eigenvalue weighted by Crippen LogP contribution is -2.49. The van der Waals surface area contributed by atoms with Crippen molar-refractivity contribution in [3.63, 3.8) is 0 Å². The van der Waals surface area contributed by atoms with Gasteiger partial charge in [-0.15, -0.1) is 0 Å². The summed E-state index contributed by atoms with van der Waals surface area (Å²) in [6.07, 6.45) is -0.0915. The highest BCUT2D eigenvalue weighted by Crippen LogP contribution is 2.24. The molecule has 1 N–H and O–H groups in total. The van der Waals surface area contributed by atoms with E-state index in [2.05, 4.69) is 17.2 Å². The summed E-state index contributed by atoms with van der Waals surface area (Å²) in [5.41, 5.74) is 2.04. The molecule has 25 heavy (non-hydrogen) atoms. The highest BCUT2D eigenvalue weighted by atomic mass is 16.5. The maximum Gasteiger partial charge on any atom is 0.318 e. The number of nitrogens with zero attached hydrogens (tertiary/aromatic N) is 1. The van der Waals surface area contributed by atoms with Crippen molar-refractivity contribution in [1.29, 1.82) is 0 Å². The zero-order valence-corrected chi connectivity index (χ0v) is 14.3. The Balaban J connectivity index is 1.55. The maximum absolute atomic E-state index is 12.4. The van der Waals surface area contributed by atoms with E-state index in [-0.39, 0.29) is 18.2 Å². The van der Waals surface area contributed by atoms with Gasteiger partial charge in [0.25, 0.3) is 0 Å². The van der Waals surface area contributed by atoms with Gasteiger partial charge in [-0.3, -0.25) is 0 Å². The Morgan fingerprint density at radius 1 is 1.12 bits per heavy atom. The summed E-state index contributed by atoms with van der Waals surface area (Å²) in [5, 5.41) is 2.87. The Labute approximate surface area is 148 Å². The molecule has 2 aromatic carbocycles. The van der Waals surface area contributed by atoms with Crippen molar-refractivity contribution in [2.24, 2.45) is 0 Å². The molecule has 0 unspecified atom stereocenters. The smallest absolute Gasteiger partial charge is 0.318 e. The Bertz CT molecular complexity index is 750. The normalized spacial score (nSPS) is 19.6. The molecule has 0 spiro atoms. The second-order valence-corrected chi connectivity index (χ2v) is 6.08. The number of urea groups is 1. The highest BCUT2D eigenvalue weighted by Gasteiger charge is 2.29. The quantitative estimate of drug-likeness (QED) is 0.857. The van der Waals surface area contributed by atoms with Crippen LogP contribution in [0.5, 0.6) is 0 Å². The summed E-state index contributed by atoms with van der Waals surface area (Å²) < 4.78 is 5.99. The van der Waals surface area contributed by atoms with Gasteiger partial charge in [0.1, 0.15) is 6.10 Å². The van der Waals surface area contributed by atoms with Gasteiger partial charge in [0.15, 0.2) is 0 Å². The topological polar surface area (TPSA) is 41.6 Å². The predicted molar refractivity (Wildman–Crippen MR) is 98.0 cm³/mol. The molecule has 0 aromatic heterocycles. The number of rotatable bonds is 2. The Hall–Kier alpha value is -2.77. The Morgan fingerprint density at radius 3 is 2.52 bits per heavy atom. The third-order valence-electron chi connectivity index (χ3n) is 4.05. The standard InChI is InChI=1S/C21H22N2O2/c1-17-15-23(16-20(25-17)19-12-6-3-7-13-19)21(24)22-14-8-11-18-9-4-2-5-10-18/h2-7,9-10,12-13,17,20H,14-16H2,1H3,(H,22,24)/t17-,20+/m1/s1. The van der Waals surface area contributed by atoms with E-state index in [9.17, 15) is 4.79 Å². The predicted octanol–water partition coefficient (Wildman–Crippen LogP) is 3.21.